The average Bonchev–Trinajstić information content (AvgIpc) is 2.55. The number of allylic oxidation sites excluding steroid dienone is 1. The van der Waals surface area contributed by atoms with Crippen molar-refractivity contribution in [3.8, 4) is 5.75 Å². The van der Waals surface area contributed by atoms with Gasteiger partial charge in [0.2, 0.25) is 0 Å². The van der Waals surface area contributed by atoms with Crippen LogP contribution in [-0.4, -0.2) is 38.0 Å². The molecule has 0 saturated heterocycles. The van der Waals surface area contributed by atoms with E-state index in [1.54, 1.807) is 7.11 Å². The summed E-state index contributed by atoms with van der Waals surface area (Å²) in [5.41, 5.74) is 2.09. The van der Waals surface area contributed by atoms with Crippen LogP contribution in [0.25, 0.3) is 0 Å². The van der Waals surface area contributed by atoms with E-state index >= 15 is 0 Å². The van der Waals surface area contributed by atoms with Crippen molar-refractivity contribution in [3.63, 3.8) is 0 Å². The summed E-state index contributed by atoms with van der Waals surface area (Å²) in [5, 5.41) is 6.57. The highest BCUT2D eigenvalue weighted by molar-refractivity contribution is 7.80. The van der Waals surface area contributed by atoms with Crippen LogP contribution in [0, 0.1) is 0 Å². The Morgan fingerprint density at radius 1 is 1.25 bits per heavy atom. The van der Waals surface area contributed by atoms with Gasteiger partial charge in [0.1, 0.15) is 12.4 Å². The number of hydrogen-bond donors (Lipinski definition) is 2. The van der Waals surface area contributed by atoms with Crippen molar-refractivity contribution < 1.29 is 19.0 Å². The number of nitrogens with one attached hydrogen (secondary N) is 2. The van der Waals surface area contributed by atoms with E-state index in [1.165, 1.54) is 0 Å². The van der Waals surface area contributed by atoms with E-state index in [0.717, 1.165) is 11.3 Å². The first-order chi connectivity index (χ1) is 11.6. The third-order valence-corrected chi connectivity index (χ3v) is 3.75. The molecular weight excluding hydrogens is 328 g/mol. The molecule has 2 rings (SSSR count). The van der Waals surface area contributed by atoms with Crippen molar-refractivity contribution in [1.82, 2.24) is 10.6 Å². The van der Waals surface area contributed by atoms with Crippen molar-refractivity contribution in [2.45, 2.75) is 19.9 Å². The molecule has 0 aliphatic carbocycles. The Morgan fingerprint density at radius 3 is 2.58 bits per heavy atom. The van der Waals surface area contributed by atoms with E-state index in [-0.39, 0.29) is 12.6 Å². The fourth-order valence-electron chi connectivity index (χ4n) is 2.43. The maximum absolute atomic E-state index is 12.5. The SMILES string of the molecule is CCOc1ccc(C2NC(=S)NC(C)=C2C(=O)OCCOC)cc1. The van der Waals surface area contributed by atoms with Gasteiger partial charge in [0.25, 0.3) is 0 Å². The number of esters is 1. The Labute approximate surface area is 147 Å². The standard InChI is InChI=1S/C17H22N2O4S/c1-4-22-13-7-5-12(6-8-13)15-14(11(2)18-17(24)19-15)16(20)23-10-9-21-3/h5-8,15H,4,9-10H2,1-3H3,(H2,18,19,24). The normalized spacial score (nSPS) is 17.1. The molecule has 1 heterocycles. The number of benzene rings is 1. The highest BCUT2D eigenvalue weighted by atomic mass is 32.1. The Balaban J connectivity index is 2.25. The second-order valence-corrected chi connectivity index (χ2v) is 5.61. The minimum atomic E-state index is -0.397. The Bertz CT molecular complexity index is 628. The summed E-state index contributed by atoms with van der Waals surface area (Å²) in [6, 6.07) is 7.19. The molecule has 7 heteroatoms. The van der Waals surface area contributed by atoms with Gasteiger partial charge >= 0.3 is 5.97 Å². The molecule has 0 radical (unpaired) electrons. The Kier molecular flexibility index (Phi) is 6.57. The molecule has 0 bridgehead atoms. The molecule has 1 atom stereocenters. The molecule has 1 aliphatic heterocycles. The Morgan fingerprint density at radius 2 is 1.96 bits per heavy atom. The van der Waals surface area contributed by atoms with Crippen LogP contribution in [0.5, 0.6) is 5.75 Å². The third kappa shape index (κ3) is 4.46. The van der Waals surface area contributed by atoms with Gasteiger partial charge in [-0.1, -0.05) is 12.1 Å². The zero-order chi connectivity index (χ0) is 17.5. The lowest BCUT2D eigenvalue weighted by molar-refractivity contribution is -0.140. The lowest BCUT2D eigenvalue weighted by Crippen LogP contribution is -2.45. The van der Waals surface area contributed by atoms with Gasteiger partial charge in [0.05, 0.1) is 24.8 Å². The van der Waals surface area contributed by atoms with Crippen LogP contribution in [0.2, 0.25) is 0 Å². The fraction of sp³-hybridized carbons (Fsp3) is 0.412. The van der Waals surface area contributed by atoms with Gasteiger partial charge in [-0.2, -0.15) is 0 Å². The largest absolute Gasteiger partial charge is 0.494 e. The van der Waals surface area contributed by atoms with Crippen molar-refractivity contribution >= 4 is 23.3 Å². The molecule has 1 unspecified atom stereocenters. The molecular formula is C17H22N2O4S. The summed E-state index contributed by atoms with van der Waals surface area (Å²) in [7, 11) is 1.56. The van der Waals surface area contributed by atoms with Crippen LogP contribution in [0.4, 0.5) is 0 Å². The van der Waals surface area contributed by atoms with Crippen LogP contribution in [0.1, 0.15) is 25.5 Å². The minimum absolute atomic E-state index is 0.201. The van der Waals surface area contributed by atoms with Gasteiger partial charge in [0.15, 0.2) is 5.11 Å². The maximum atomic E-state index is 12.5. The van der Waals surface area contributed by atoms with Crippen LogP contribution in [0.15, 0.2) is 35.5 Å². The fourth-order valence-corrected chi connectivity index (χ4v) is 2.70. The number of carbonyl (C=O) groups excluding carboxylic acids is 1. The van der Waals surface area contributed by atoms with E-state index in [1.807, 2.05) is 38.1 Å². The predicted molar refractivity (Wildman–Crippen MR) is 94.8 cm³/mol. The molecule has 1 aromatic rings. The third-order valence-electron chi connectivity index (χ3n) is 3.53. The van der Waals surface area contributed by atoms with Crippen LogP contribution in [0.3, 0.4) is 0 Å². The first kappa shape index (κ1) is 18.2. The quantitative estimate of drug-likeness (QED) is 0.443. The monoisotopic (exact) mass is 350 g/mol. The van der Waals surface area contributed by atoms with Gasteiger partial charge < -0.3 is 24.8 Å². The molecule has 0 spiro atoms. The summed E-state index contributed by atoms with van der Waals surface area (Å²) >= 11 is 5.22. The van der Waals surface area contributed by atoms with Gasteiger partial charge in [-0.25, -0.2) is 4.79 Å². The highest BCUT2D eigenvalue weighted by Gasteiger charge is 2.30. The van der Waals surface area contributed by atoms with E-state index < -0.39 is 5.97 Å². The molecule has 2 N–H and O–H groups in total. The summed E-state index contributed by atoms with van der Waals surface area (Å²) in [6.45, 7) is 4.89. The molecule has 0 aromatic heterocycles. The van der Waals surface area contributed by atoms with Gasteiger partial charge in [-0.15, -0.1) is 0 Å². The molecule has 0 fully saturated rings. The zero-order valence-corrected chi connectivity index (χ0v) is 14.9. The van der Waals surface area contributed by atoms with Crippen LogP contribution in [-0.2, 0) is 14.3 Å². The summed E-state index contributed by atoms with van der Waals surface area (Å²) < 4.78 is 15.6. The molecule has 24 heavy (non-hydrogen) atoms. The molecule has 0 amide bonds. The van der Waals surface area contributed by atoms with Gasteiger partial charge in [-0.3, -0.25) is 0 Å². The molecule has 130 valence electrons. The van der Waals surface area contributed by atoms with Crippen LogP contribution < -0.4 is 15.4 Å². The first-order valence-corrected chi connectivity index (χ1v) is 8.14. The molecule has 0 saturated carbocycles. The van der Waals surface area contributed by atoms with E-state index in [4.69, 9.17) is 26.4 Å². The van der Waals surface area contributed by atoms with E-state index in [9.17, 15) is 4.79 Å². The van der Waals surface area contributed by atoms with Gasteiger partial charge in [-0.05, 0) is 43.8 Å². The lowest BCUT2D eigenvalue weighted by atomic mass is 9.95. The lowest BCUT2D eigenvalue weighted by Gasteiger charge is -2.30. The number of ether oxygens (including phenoxy) is 3. The van der Waals surface area contributed by atoms with E-state index in [2.05, 4.69) is 10.6 Å². The number of hydrogen-bond acceptors (Lipinski definition) is 5. The minimum Gasteiger partial charge on any atom is -0.494 e. The topological polar surface area (TPSA) is 68.8 Å². The van der Waals surface area contributed by atoms with Crippen molar-refractivity contribution in [3.05, 3.63) is 41.1 Å². The second kappa shape index (κ2) is 8.65. The summed E-state index contributed by atoms with van der Waals surface area (Å²) in [6.07, 6.45) is 0. The van der Waals surface area contributed by atoms with Gasteiger partial charge in [0, 0.05) is 12.8 Å². The predicted octanol–water partition coefficient (Wildman–Crippen LogP) is 2.07. The van der Waals surface area contributed by atoms with Crippen molar-refractivity contribution in [1.29, 1.82) is 0 Å². The number of carbonyl (C=O) groups is 1. The number of methoxy groups -OCH3 is 1. The van der Waals surface area contributed by atoms with Crippen molar-refractivity contribution in [2.24, 2.45) is 0 Å². The molecule has 1 aliphatic rings. The first-order valence-electron chi connectivity index (χ1n) is 7.74. The van der Waals surface area contributed by atoms with E-state index in [0.29, 0.717) is 29.6 Å². The van der Waals surface area contributed by atoms with Crippen LogP contribution >= 0.6 is 12.2 Å². The number of rotatable bonds is 7. The summed E-state index contributed by atoms with van der Waals surface area (Å²) in [5.74, 6) is 0.383. The molecule has 1 aromatic carbocycles. The average molecular weight is 350 g/mol. The Hall–Kier alpha value is -2.12. The number of thiocarbonyl (C=S) groups is 1. The second-order valence-electron chi connectivity index (χ2n) is 5.20. The van der Waals surface area contributed by atoms with Crippen molar-refractivity contribution in [2.75, 3.05) is 26.9 Å². The maximum Gasteiger partial charge on any atom is 0.338 e. The highest BCUT2D eigenvalue weighted by Crippen LogP contribution is 2.28. The smallest absolute Gasteiger partial charge is 0.338 e. The summed E-state index contributed by atoms with van der Waals surface area (Å²) in [4.78, 5) is 12.5. The zero-order valence-electron chi connectivity index (χ0n) is 14.0. The molecule has 6 nitrogen and oxygen atoms in total.